The van der Waals surface area contributed by atoms with E-state index in [0.29, 0.717) is 16.9 Å². The van der Waals surface area contributed by atoms with E-state index in [9.17, 15) is 4.79 Å². The van der Waals surface area contributed by atoms with Gasteiger partial charge in [-0.3, -0.25) is 9.48 Å². The molecule has 0 N–H and O–H groups in total. The molecule has 7 nitrogen and oxygen atoms in total. The molecule has 1 aliphatic heterocycles. The van der Waals surface area contributed by atoms with Gasteiger partial charge in [-0.15, -0.1) is 0 Å². The highest BCUT2D eigenvalue weighted by atomic mass is 16.5. The van der Waals surface area contributed by atoms with Crippen molar-refractivity contribution in [3.8, 4) is 17.0 Å². The Bertz CT molecular complexity index is 989. The average molecular weight is 365 g/mol. The molecule has 2 aromatic heterocycles. The fraction of sp³-hybridized carbons (Fsp3) is 0.350. The van der Waals surface area contributed by atoms with Crippen molar-refractivity contribution in [2.45, 2.75) is 0 Å². The zero-order valence-electron chi connectivity index (χ0n) is 15.8. The first kappa shape index (κ1) is 17.5. The van der Waals surface area contributed by atoms with Crippen molar-refractivity contribution in [2.24, 2.45) is 7.05 Å². The Morgan fingerprint density at radius 2 is 1.85 bits per heavy atom. The fourth-order valence-corrected chi connectivity index (χ4v) is 3.47. The average Bonchev–Trinajstić information content (AvgIpc) is 3.08. The first-order chi connectivity index (χ1) is 13.1. The van der Waals surface area contributed by atoms with Gasteiger partial charge in [-0.2, -0.15) is 5.10 Å². The van der Waals surface area contributed by atoms with Gasteiger partial charge in [0.2, 0.25) is 0 Å². The lowest BCUT2D eigenvalue weighted by Crippen LogP contribution is -2.47. The Labute approximate surface area is 158 Å². The maximum Gasteiger partial charge on any atom is 0.254 e. The molecule has 1 fully saturated rings. The predicted octanol–water partition coefficient (Wildman–Crippen LogP) is 2.03. The van der Waals surface area contributed by atoms with Crippen LogP contribution in [0.3, 0.4) is 0 Å². The normalized spacial score (nSPS) is 15.3. The molecule has 7 heteroatoms. The third-order valence-electron chi connectivity index (χ3n) is 5.11. The third kappa shape index (κ3) is 3.14. The zero-order chi connectivity index (χ0) is 19.0. The molecule has 0 aliphatic carbocycles. The Morgan fingerprint density at radius 1 is 1.11 bits per heavy atom. The number of carbonyl (C=O) groups excluding carboxylic acids is 1. The van der Waals surface area contributed by atoms with Gasteiger partial charge in [0.25, 0.3) is 5.91 Å². The molecule has 0 atom stereocenters. The van der Waals surface area contributed by atoms with Gasteiger partial charge < -0.3 is 14.5 Å². The maximum atomic E-state index is 13.3. The van der Waals surface area contributed by atoms with E-state index in [1.165, 1.54) is 0 Å². The Morgan fingerprint density at radius 3 is 2.59 bits per heavy atom. The van der Waals surface area contributed by atoms with E-state index < -0.39 is 0 Å². The van der Waals surface area contributed by atoms with E-state index in [2.05, 4.69) is 17.0 Å². The first-order valence-corrected chi connectivity index (χ1v) is 9.02. The van der Waals surface area contributed by atoms with Crippen LogP contribution >= 0.6 is 0 Å². The highest BCUT2D eigenvalue weighted by molar-refractivity contribution is 6.06. The number of para-hydroxylation sites is 1. The van der Waals surface area contributed by atoms with Crippen LogP contribution in [0.15, 0.2) is 36.5 Å². The molecule has 0 radical (unpaired) electrons. The summed E-state index contributed by atoms with van der Waals surface area (Å²) in [6.07, 6.45) is 1.72. The number of amides is 1. The highest BCUT2D eigenvalue weighted by Gasteiger charge is 2.24. The van der Waals surface area contributed by atoms with Crippen molar-refractivity contribution in [2.75, 3.05) is 40.3 Å². The maximum absolute atomic E-state index is 13.3. The lowest BCUT2D eigenvalue weighted by atomic mass is 10.0. The summed E-state index contributed by atoms with van der Waals surface area (Å²) in [5.41, 5.74) is 2.89. The van der Waals surface area contributed by atoms with Gasteiger partial charge in [-0.1, -0.05) is 12.1 Å². The number of hydrogen-bond acceptors (Lipinski definition) is 5. The number of pyridine rings is 1. The van der Waals surface area contributed by atoms with Gasteiger partial charge in [0.1, 0.15) is 5.75 Å². The van der Waals surface area contributed by atoms with Crippen LogP contribution in [0.25, 0.3) is 22.3 Å². The summed E-state index contributed by atoms with van der Waals surface area (Å²) >= 11 is 0. The number of aromatic nitrogens is 3. The van der Waals surface area contributed by atoms with Crippen LogP contribution in [0.1, 0.15) is 10.4 Å². The van der Waals surface area contributed by atoms with E-state index in [-0.39, 0.29) is 5.91 Å². The van der Waals surface area contributed by atoms with Gasteiger partial charge >= 0.3 is 0 Å². The molecule has 3 aromatic rings. The number of carbonyl (C=O) groups is 1. The number of methoxy groups -OCH3 is 1. The number of likely N-dealkylation sites (N-methyl/N-ethyl adjacent to an activating group) is 1. The van der Waals surface area contributed by atoms with E-state index in [1.807, 2.05) is 42.3 Å². The predicted molar refractivity (Wildman–Crippen MR) is 104 cm³/mol. The van der Waals surface area contributed by atoms with Crippen molar-refractivity contribution in [3.05, 3.63) is 42.1 Å². The Kier molecular flexibility index (Phi) is 4.53. The lowest BCUT2D eigenvalue weighted by molar-refractivity contribution is 0.0666. The number of piperazine rings is 1. The van der Waals surface area contributed by atoms with E-state index >= 15 is 0 Å². The van der Waals surface area contributed by atoms with Crippen LogP contribution < -0.4 is 4.74 Å². The Balaban J connectivity index is 1.83. The van der Waals surface area contributed by atoms with Crippen LogP contribution in [-0.4, -0.2) is 70.8 Å². The second kappa shape index (κ2) is 7.00. The van der Waals surface area contributed by atoms with Gasteiger partial charge in [0, 0.05) is 38.8 Å². The topological polar surface area (TPSA) is 63.5 Å². The molecule has 27 heavy (non-hydrogen) atoms. The molecule has 3 heterocycles. The molecule has 0 spiro atoms. The van der Waals surface area contributed by atoms with Crippen molar-refractivity contribution >= 4 is 16.9 Å². The summed E-state index contributed by atoms with van der Waals surface area (Å²) in [6.45, 7) is 3.21. The minimum Gasteiger partial charge on any atom is -0.496 e. The first-order valence-electron chi connectivity index (χ1n) is 9.02. The molecule has 140 valence electrons. The monoisotopic (exact) mass is 365 g/mol. The second-order valence-corrected chi connectivity index (χ2v) is 6.86. The van der Waals surface area contributed by atoms with Gasteiger partial charge in [-0.05, 0) is 25.2 Å². The quantitative estimate of drug-likeness (QED) is 0.711. The van der Waals surface area contributed by atoms with Gasteiger partial charge in [-0.25, -0.2) is 4.98 Å². The van der Waals surface area contributed by atoms with Gasteiger partial charge in [0.05, 0.1) is 30.0 Å². The molecule has 1 aliphatic rings. The summed E-state index contributed by atoms with van der Waals surface area (Å²) in [6, 6.07) is 9.57. The largest absolute Gasteiger partial charge is 0.496 e. The number of aryl methyl sites for hydroxylation is 1. The number of hydrogen-bond donors (Lipinski definition) is 0. The minimum absolute atomic E-state index is 0.0275. The second-order valence-electron chi connectivity index (χ2n) is 6.86. The lowest BCUT2D eigenvalue weighted by Gasteiger charge is -2.32. The molecular formula is C20H23N5O2. The molecule has 1 aromatic carbocycles. The summed E-state index contributed by atoms with van der Waals surface area (Å²) in [5, 5.41) is 5.10. The van der Waals surface area contributed by atoms with Crippen LogP contribution in [-0.2, 0) is 7.05 Å². The molecule has 0 bridgehead atoms. The summed E-state index contributed by atoms with van der Waals surface area (Å²) < 4.78 is 7.19. The summed E-state index contributed by atoms with van der Waals surface area (Å²) in [4.78, 5) is 22.2. The number of ether oxygens (including phenoxy) is 1. The van der Waals surface area contributed by atoms with Crippen molar-refractivity contribution in [1.29, 1.82) is 0 Å². The smallest absolute Gasteiger partial charge is 0.254 e. The number of rotatable bonds is 3. The fourth-order valence-electron chi connectivity index (χ4n) is 3.47. The minimum atomic E-state index is 0.0275. The molecule has 0 unspecified atom stereocenters. The van der Waals surface area contributed by atoms with Crippen LogP contribution in [0.2, 0.25) is 0 Å². The molecular weight excluding hydrogens is 342 g/mol. The van der Waals surface area contributed by atoms with Crippen LogP contribution in [0.5, 0.6) is 5.75 Å². The SMILES string of the molecule is COc1ccccc1-c1cc(C(=O)N2CCN(C)CC2)c2cnn(C)c2n1. The van der Waals surface area contributed by atoms with Crippen molar-refractivity contribution in [1.82, 2.24) is 24.6 Å². The summed E-state index contributed by atoms with van der Waals surface area (Å²) in [7, 11) is 5.55. The number of nitrogens with zero attached hydrogens (tertiary/aromatic N) is 5. The van der Waals surface area contributed by atoms with Crippen molar-refractivity contribution < 1.29 is 9.53 Å². The highest BCUT2D eigenvalue weighted by Crippen LogP contribution is 2.31. The molecule has 1 amide bonds. The van der Waals surface area contributed by atoms with E-state index in [1.54, 1.807) is 18.0 Å². The Hall–Kier alpha value is -2.93. The van der Waals surface area contributed by atoms with Crippen molar-refractivity contribution in [3.63, 3.8) is 0 Å². The van der Waals surface area contributed by atoms with Crippen LogP contribution in [0.4, 0.5) is 0 Å². The summed E-state index contributed by atoms with van der Waals surface area (Å²) in [5.74, 6) is 0.754. The molecule has 0 saturated carbocycles. The molecule has 4 rings (SSSR count). The molecule has 1 saturated heterocycles. The van der Waals surface area contributed by atoms with Crippen LogP contribution in [0, 0.1) is 0 Å². The number of benzene rings is 1. The van der Waals surface area contributed by atoms with Gasteiger partial charge in [0.15, 0.2) is 5.65 Å². The van der Waals surface area contributed by atoms with E-state index in [4.69, 9.17) is 9.72 Å². The zero-order valence-corrected chi connectivity index (χ0v) is 15.8. The third-order valence-corrected chi connectivity index (χ3v) is 5.11. The van der Waals surface area contributed by atoms with E-state index in [0.717, 1.165) is 42.9 Å². The standard InChI is InChI=1S/C20H23N5O2/c1-23-8-10-25(11-9-23)20(26)15-12-17(14-6-4-5-7-18(14)27-3)22-19-16(15)13-21-24(19)2/h4-7,12-13H,8-11H2,1-3H3. The number of fused-ring (bicyclic) bond motifs is 1.